The van der Waals surface area contributed by atoms with E-state index in [4.69, 9.17) is 4.74 Å². The van der Waals surface area contributed by atoms with Gasteiger partial charge in [0.25, 0.3) is 0 Å². The van der Waals surface area contributed by atoms with Gasteiger partial charge >= 0.3 is 5.97 Å². The highest BCUT2D eigenvalue weighted by molar-refractivity contribution is 9.10. The molecule has 0 unspecified atom stereocenters. The second-order valence-corrected chi connectivity index (χ2v) is 4.82. The molecule has 0 fully saturated rings. The lowest BCUT2D eigenvalue weighted by atomic mass is 10.1. The first-order chi connectivity index (χ1) is 9.11. The van der Waals surface area contributed by atoms with Crippen molar-refractivity contribution in [3.05, 3.63) is 46.2 Å². The summed E-state index contributed by atoms with van der Waals surface area (Å²) in [6.07, 6.45) is 1.56. The van der Waals surface area contributed by atoms with Crippen molar-refractivity contribution in [3.63, 3.8) is 0 Å². The van der Waals surface area contributed by atoms with Crippen LogP contribution in [0.25, 0.3) is 11.4 Å². The Hall–Kier alpha value is -1.75. The molecule has 19 heavy (non-hydrogen) atoms. The summed E-state index contributed by atoms with van der Waals surface area (Å²) in [6.45, 7) is 4.09. The van der Waals surface area contributed by atoms with Gasteiger partial charge in [-0.2, -0.15) is 0 Å². The van der Waals surface area contributed by atoms with Crippen LogP contribution in [0.15, 0.2) is 34.9 Å². The van der Waals surface area contributed by atoms with Crippen molar-refractivity contribution in [2.75, 3.05) is 6.61 Å². The van der Waals surface area contributed by atoms with Gasteiger partial charge in [0.15, 0.2) is 11.5 Å². The first-order valence-electron chi connectivity index (χ1n) is 5.88. The third-order valence-corrected chi connectivity index (χ3v) is 3.16. The van der Waals surface area contributed by atoms with Crippen molar-refractivity contribution < 1.29 is 9.53 Å². The van der Waals surface area contributed by atoms with Crippen molar-refractivity contribution in [1.82, 2.24) is 9.97 Å². The quantitative estimate of drug-likeness (QED) is 0.813. The maximum Gasteiger partial charge on any atom is 0.357 e. The minimum absolute atomic E-state index is 0.263. The van der Waals surface area contributed by atoms with Crippen LogP contribution in [0.2, 0.25) is 0 Å². The minimum atomic E-state index is -0.436. The third kappa shape index (κ3) is 3.17. The molecule has 1 aromatic carbocycles. The number of ether oxygens (including phenoxy) is 1. The van der Waals surface area contributed by atoms with E-state index in [0.29, 0.717) is 12.4 Å². The van der Waals surface area contributed by atoms with Crippen LogP contribution in [0.1, 0.15) is 23.0 Å². The van der Waals surface area contributed by atoms with E-state index in [1.807, 2.05) is 25.1 Å². The molecule has 0 amide bonds. The summed E-state index contributed by atoms with van der Waals surface area (Å²) in [5, 5.41) is 0. The van der Waals surface area contributed by atoms with E-state index in [-0.39, 0.29) is 5.69 Å². The average Bonchev–Trinajstić information content (AvgIpc) is 2.39. The third-order valence-electron chi connectivity index (χ3n) is 2.51. The number of carbonyl (C=O) groups excluding carboxylic acids is 1. The number of aryl methyl sites for hydroxylation is 1. The lowest BCUT2D eigenvalue weighted by molar-refractivity contribution is 0.0519. The Kier molecular flexibility index (Phi) is 4.27. The zero-order valence-electron chi connectivity index (χ0n) is 10.7. The summed E-state index contributed by atoms with van der Waals surface area (Å²) in [5.41, 5.74) is 2.24. The maximum absolute atomic E-state index is 11.6. The standard InChI is InChI=1S/C14H13BrN2O2/c1-3-19-14(18)12-6-7-16-13(17-12)10-5-4-9(2)8-11(10)15/h4-8H,3H2,1-2H3. The summed E-state index contributed by atoms with van der Waals surface area (Å²) in [6, 6.07) is 7.42. The molecular weight excluding hydrogens is 308 g/mol. The minimum Gasteiger partial charge on any atom is -0.461 e. The van der Waals surface area contributed by atoms with Crippen molar-refractivity contribution in [2.24, 2.45) is 0 Å². The Morgan fingerprint density at radius 3 is 2.84 bits per heavy atom. The van der Waals surface area contributed by atoms with Crippen LogP contribution in [0.5, 0.6) is 0 Å². The smallest absolute Gasteiger partial charge is 0.357 e. The van der Waals surface area contributed by atoms with Gasteiger partial charge in [-0.25, -0.2) is 14.8 Å². The molecule has 2 rings (SSSR count). The number of nitrogens with zero attached hydrogens (tertiary/aromatic N) is 2. The number of rotatable bonds is 3. The maximum atomic E-state index is 11.6. The normalized spacial score (nSPS) is 10.3. The van der Waals surface area contributed by atoms with E-state index >= 15 is 0 Å². The fourth-order valence-corrected chi connectivity index (χ4v) is 2.28. The van der Waals surface area contributed by atoms with Crippen LogP contribution in [0.3, 0.4) is 0 Å². The Morgan fingerprint density at radius 2 is 2.16 bits per heavy atom. The molecule has 4 nitrogen and oxygen atoms in total. The van der Waals surface area contributed by atoms with Gasteiger partial charge < -0.3 is 4.74 Å². The fraction of sp³-hybridized carbons (Fsp3) is 0.214. The van der Waals surface area contributed by atoms with Gasteiger partial charge in [-0.1, -0.05) is 22.0 Å². The number of hydrogen-bond acceptors (Lipinski definition) is 4. The lowest BCUT2D eigenvalue weighted by Gasteiger charge is -2.06. The van der Waals surface area contributed by atoms with Crippen molar-refractivity contribution in [2.45, 2.75) is 13.8 Å². The number of benzene rings is 1. The first-order valence-corrected chi connectivity index (χ1v) is 6.68. The number of hydrogen-bond donors (Lipinski definition) is 0. The van der Waals surface area contributed by atoms with E-state index in [0.717, 1.165) is 15.6 Å². The molecule has 0 aliphatic carbocycles. The molecule has 0 bridgehead atoms. The molecule has 0 aliphatic rings. The van der Waals surface area contributed by atoms with E-state index in [1.54, 1.807) is 19.2 Å². The van der Waals surface area contributed by atoms with Crippen LogP contribution in [-0.4, -0.2) is 22.5 Å². The number of carbonyl (C=O) groups is 1. The SMILES string of the molecule is CCOC(=O)c1ccnc(-c2ccc(C)cc2Br)n1. The van der Waals surface area contributed by atoms with Crippen LogP contribution >= 0.6 is 15.9 Å². The monoisotopic (exact) mass is 320 g/mol. The van der Waals surface area contributed by atoms with Crippen molar-refractivity contribution >= 4 is 21.9 Å². The number of halogens is 1. The molecule has 0 saturated carbocycles. The number of esters is 1. The molecule has 2 aromatic rings. The van der Waals surface area contributed by atoms with Gasteiger partial charge in [-0.15, -0.1) is 0 Å². The molecule has 0 spiro atoms. The van der Waals surface area contributed by atoms with E-state index in [1.165, 1.54) is 0 Å². The molecule has 1 aromatic heterocycles. The topological polar surface area (TPSA) is 52.1 Å². The van der Waals surface area contributed by atoms with Gasteiger partial charge in [0.1, 0.15) is 0 Å². The van der Waals surface area contributed by atoms with Crippen molar-refractivity contribution in [1.29, 1.82) is 0 Å². The summed E-state index contributed by atoms with van der Waals surface area (Å²) in [5.74, 6) is 0.0619. The summed E-state index contributed by atoms with van der Waals surface area (Å²) in [7, 11) is 0. The lowest BCUT2D eigenvalue weighted by Crippen LogP contribution is -2.08. The van der Waals surface area contributed by atoms with Crippen molar-refractivity contribution in [3.8, 4) is 11.4 Å². The predicted molar refractivity (Wildman–Crippen MR) is 75.9 cm³/mol. The Labute approximate surface area is 120 Å². The van der Waals surface area contributed by atoms with Gasteiger partial charge in [0, 0.05) is 16.2 Å². The zero-order chi connectivity index (χ0) is 13.8. The van der Waals surface area contributed by atoms with Gasteiger partial charge in [-0.3, -0.25) is 0 Å². The Balaban J connectivity index is 2.40. The van der Waals surface area contributed by atoms with Gasteiger partial charge in [-0.05, 0) is 37.6 Å². The molecule has 0 radical (unpaired) electrons. The summed E-state index contributed by atoms with van der Waals surface area (Å²) in [4.78, 5) is 20.1. The number of aromatic nitrogens is 2. The molecule has 0 N–H and O–H groups in total. The Bertz CT molecular complexity index is 614. The largest absolute Gasteiger partial charge is 0.461 e. The van der Waals surface area contributed by atoms with Gasteiger partial charge in [0.2, 0.25) is 0 Å². The van der Waals surface area contributed by atoms with Gasteiger partial charge in [0.05, 0.1) is 6.61 Å². The predicted octanol–water partition coefficient (Wildman–Crippen LogP) is 3.39. The molecule has 0 aliphatic heterocycles. The van der Waals surface area contributed by atoms with Crippen LogP contribution in [0, 0.1) is 6.92 Å². The van der Waals surface area contributed by atoms with Crippen LogP contribution < -0.4 is 0 Å². The van der Waals surface area contributed by atoms with E-state index in [2.05, 4.69) is 25.9 Å². The second-order valence-electron chi connectivity index (χ2n) is 3.97. The van der Waals surface area contributed by atoms with E-state index in [9.17, 15) is 4.79 Å². The second kappa shape index (κ2) is 5.93. The highest BCUT2D eigenvalue weighted by Gasteiger charge is 2.12. The summed E-state index contributed by atoms with van der Waals surface area (Å²) < 4.78 is 5.82. The molecule has 98 valence electrons. The molecule has 0 atom stereocenters. The molecule has 0 saturated heterocycles. The fourth-order valence-electron chi connectivity index (χ4n) is 1.61. The highest BCUT2D eigenvalue weighted by atomic mass is 79.9. The molecular formula is C14H13BrN2O2. The summed E-state index contributed by atoms with van der Waals surface area (Å²) >= 11 is 3.48. The average molecular weight is 321 g/mol. The van der Waals surface area contributed by atoms with Crippen LogP contribution in [-0.2, 0) is 4.74 Å². The van der Waals surface area contributed by atoms with Crippen LogP contribution in [0.4, 0.5) is 0 Å². The van der Waals surface area contributed by atoms with E-state index < -0.39 is 5.97 Å². The first kappa shape index (κ1) is 13.7. The molecule has 5 heteroatoms. The zero-order valence-corrected chi connectivity index (χ0v) is 12.3. The highest BCUT2D eigenvalue weighted by Crippen LogP contribution is 2.26. The molecule has 1 heterocycles. The Morgan fingerprint density at radius 1 is 1.37 bits per heavy atom.